The Bertz CT molecular complexity index is 4300. The van der Waals surface area contributed by atoms with Gasteiger partial charge in [-0.25, -0.2) is 9.97 Å². The van der Waals surface area contributed by atoms with Crippen LogP contribution < -0.4 is 0 Å². The molecule has 4 nitrogen and oxygen atoms in total. The third-order valence-electron chi connectivity index (χ3n) is 13.8. The van der Waals surface area contributed by atoms with Crippen LogP contribution in [0.2, 0.25) is 0 Å². The number of benzene rings is 11. The van der Waals surface area contributed by atoms with Gasteiger partial charge < -0.3 is 8.98 Å². The summed E-state index contributed by atoms with van der Waals surface area (Å²) in [6, 6.07) is 84.5. The van der Waals surface area contributed by atoms with Crippen LogP contribution in [0.25, 0.3) is 138 Å². The van der Waals surface area contributed by atoms with E-state index in [9.17, 15) is 0 Å². The van der Waals surface area contributed by atoms with Crippen molar-refractivity contribution >= 4 is 76.3 Å². The number of para-hydroxylation sites is 3. The van der Waals surface area contributed by atoms with E-state index < -0.39 is 0 Å². The fraction of sp³-hybridized carbons (Fsp3) is 0. The molecule has 11 aromatic carbocycles. The highest BCUT2D eigenvalue weighted by Gasteiger charge is 2.22. The van der Waals surface area contributed by atoms with Crippen molar-refractivity contribution in [3.05, 3.63) is 237 Å². The molecule has 14 rings (SSSR count). The van der Waals surface area contributed by atoms with Crippen molar-refractivity contribution in [1.82, 2.24) is 14.5 Å². The number of hydrogen-bond acceptors (Lipinski definition) is 3. The molecule has 316 valence electrons. The number of aromatic nitrogens is 3. The molecule has 0 atom stereocenters. The first-order valence-electron chi connectivity index (χ1n) is 23.1. The Hall–Kier alpha value is -9.12. The van der Waals surface area contributed by atoms with Crippen molar-refractivity contribution in [3.63, 3.8) is 0 Å². The van der Waals surface area contributed by atoms with Gasteiger partial charge in [0.2, 0.25) is 0 Å². The summed E-state index contributed by atoms with van der Waals surface area (Å²) in [5.41, 5.74) is 17.6. The van der Waals surface area contributed by atoms with Gasteiger partial charge >= 0.3 is 0 Å². The van der Waals surface area contributed by atoms with Crippen molar-refractivity contribution < 1.29 is 4.42 Å². The Morgan fingerprint density at radius 3 is 1.60 bits per heavy atom. The molecule has 4 heteroatoms. The van der Waals surface area contributed by atoms with E-state index in [2.05, 4.69) is 211 Å². The molecule has 0 saturated carbocycles. The highest BCUT2D eigenvalue weighted by atomic mass is 16.3. The monoisotopic (exact) mass is 865 g/mol. The molecule has 0 aliphatic carbocycles. The third kappa shape index (κ3) is 6.01. The van der Waals surface area contributed by atoms with Gasteiger partial charge in [0.15, 0.2) is 0 Å². The summed E-state index contributed by atoms with van der Waals surface area (Å²) in [5, 5.41) is 9.60. The molecule has 0 bridgehead atoms. The summed E-state index contributed by atoms with van der Waals surface area (Å²) in [5.74, 6) is 0. The van der Waals surface area contributed by atoms with Gasteiger partial charge in [-0.3, -0.25) is 0 Å². The number of fused-ring (bicyclic) bond motifs is 11. The average Bonchev–Trinajstić information content (AvgIpc) is 3.97. The molecule has 0 amide bonds. The summed E-state index contributed by atoms with van der Waals surface area (Å²) in [6.07, 6.45) is 0. The van der Waals surface area contributed by atoms with E-state index in [0.717, 1.165) is 83.3 Å². The molecule has 0 saturated heterocycles. The van der Waals surface area contributed by atoms with Gasteiger partial charge in [-0.15, -0.1) is 0 Å². The molecule has 0 fully saturated rings. The molecule has 3 heterocycles. The summed E-state index contributed by atoms with van der Waals surface area (Å²) in [7, 11) is 0. The van der Waals surface area contributed by atoms with Crippen LogP contribution in [0.4, 0.5) is 0 Å². The Morgan fingerprint density at radius 1 is 0.309 bits per heavy atom. The van der Waals surface area contributed by atoms with Crippen LogP contribution in [-0.4, -0.2) is 14.5 Å². The lowest BCUT2D eigenvalue weighted by atomic mass is 9.91. The van der Waals surface area contributed by atoms with Gasteiger partial charge in [-0.2, -0.15) is 0 Å². The lowest BCUT2D eigenvalue weighted by Gasteiger charge is -2.14. The summed E-state index contributed by atoms with van der Waals surface area (Å²) in [4.78, 5) is 10.6. The zero-order chi connectivity index (χ0) is 44.7. The lowest BCUT2D eigenvalue weighted by molar-refractivity contribution is 0.669. The van der Waals surface area contributed by atoms with Crippen LogP contribution in [-0.2, 0) is 0 Å². The Morgan fingerprint density at radius 2 is 0.853 bits per heavy atom. The zero-order valence-electron chi connectivity index (χ0n) is 36.8. The number of rotatable bonds is 6. The van der Waals surface area contributed by atoms with Crippen molar-refractivity contribution in [2.75, 3.05) is 0 Å². The molecule has 3 aromatic heterocycles. The van der Waals surface area contributed by atoms with Gasteiger partial charge in [-0.05, 0) is 110 Å². The van der Waals surface area contributed by atoms with Gasteiger partial charge in [0.25, 0.3) is 0 Å². The molecule has 0 aliphatic rings. The van der Waals surface area contributed by atoms with Crippen LogP contribution >= 0.6 is 0 Å². The number of nitrogens with zero attached hydrogens (tertiary/aromatic N) is 3. The summed E-state index contributed by atoms with van der Waals surface area (Å²) in [6.45, 7) is 0. The average molecular weight is 866 g/mol. The molecule has 0 aliphatic heterocycles. The van der Waals surface area contributed by atoms with Crippen molar-refractivity contribution in [2.45, 2.75) is 0 Å². The largest absolute Gasteiger partial charge is 0.456 e. The minimum absolute atomic E-state index is 0.844. The van der Waals surface area contributed by atoms with E-state index in [4.69, 9.17) is 14.4 Å². The minimum Gasteiger partial charge on any atom is -0.456 e. The van der Waals surface area contributed by atoms with E-state index >= 15 is 0 Å². The first kappa shape index (κ1) is 38.2. The quantitative estimate of drug-likeness (QED) is 0.167. The Labute approximate surface area is 391 Å². The van der Waals surface area contributed by atoms with Crippen molar-refractivity contribution in [1.29, 1.82) is 0 Å². The first-order valence-corrected chi connectivity index (χ1v) is 23.1. The van der Waals surface area contributed by atoms with Crippen LogP contribution in [0, 0.1) is 0 Å². The highest BCUT2D eigenvalue weighted by Crippen LogP contribution is 2.46. The normalized spacial score (nSPS) is 11.8. The molecular formula is C64H39N3O. The molecule has 14 aromatic rings. The topological polar surface area (TPSA) is 43.9 Å². The predicted molar refractivity (Wildman–Crippen MR) is 283 cm³/mol. The zero-order valence-corrected chi connectivity index (χ0v) is 36.8. The second kappa shape index (κ2) is 15.2. The maximum Gasteiger partial charge on any atom is 0.136 e. The first-order chi connectivity index (χ1) is 33.7. The van der Waals surface area contributed by atoms with Gasteiger partial charge in [0.1, 0.15) is 11.2 Å². The summed E-state index contributed by atoms with van der Waals surface area (Å²) < 4.78 is 8.89. The fourth-order valence-electron chi connectivity index (χ4n) is 10.6. The van der Waals surface area contributed by atoms with Crippen molar-refractivity contribution in [3.8, 4) is 61.6 Å². The lowest BCUT2D eigenvalue weighted by Crippen LogP contribution is -1.97. The van der Waals surface area contributed by atoms with Crippen molar-refractivity contribution in [2.24, 2.45) is 0 Å². The van der Waals surface area contributed by atoms with Crippen LogP contribution in [0.3, 0.4) is 0 Å². The fourth-order valence-corrected chi connectivity index (χ4v) is 10.6. The van der Waals surface area contributed by atoms with E-state index in [1.807, 2.05) is 30.3 Å². The van der Waals surface area contributed by atoms with Gasteiger partial charge in [0.05, 0.1) is 33.5 Å². The van der Waals surface area contributed by atoms with Gasteiger partial charge in [0, 0.05) is 38.4 Å². The molecule has 0 N–H and O–H groups in total. The molecule has 68 heavy (non-hydrogen) atoms. The number of furan rings is 1. The smallest absolute Gasteiger partial charge is 0.136 e. The number of hydrogen-bond donors (Lipinski definition) is 0. The summed E-state index contributed by atoms with van der Waals surface area (Å²) >= 11 is 0. The predicted octanol–water partition coefficient (Wildman–Crippen LogP) is 17.3. The second-order valence-corrected chi connectivity index (χ2v) is 17.6. The van der Waals surface area contributed by atoms with E-state index in [1.54, 1.807) is 0 Å². The second-order valence-electron chi connectivity index (χ2n) is 17.6. The third-order valence-corrected chi connectivity index (χ3v) is 13.8. The van der Waals surface area contributed by atoms with E-state index in [-0.39, 0.29) is 0 Å². The van der Waals surface area contributed by atoms with Crippen LogP contribution in [0.15, 0.2) is 241 Å². The Balaban J connectivity index is 0.946. The SMILES string of the molecule is c1ccc(-c2cccc(-c3ccc(-c4nc5ccccc5nc4-c4ccc(-n5c6ccc7ccccc7c6c6c7ccccc7c(-c7cccc8oc9ccccc9c78)cc65)cc4)cc3)c2)cc1. The van der Waals surface area contributed by atoms with E-state index in [0.29, 0.717) is 0 Å². The maximum absolute atomic E-state index is 6.44. The minimum atomic E-state index is 0.844. The molecular weight excluding hydrogens is 827 g/mol. The van der Waals surface area contributed by atoms with Gasteiger partial charge in [-0.1, -0.05) is 182 Å². The Kier molecular flexibility index (Phi) is 8.55. The van der Waals surface area contributed by atoms with Crippen LogP contribution in [0.1, 0.15) is 0 Å². The maximum atomic E-state index is 6.44. The van der Waals surface area contributed by atoms with E-state index in [1.165, 1.54) is 54.6 Å². The highest BCUT2D eigenvalue weighted by molar-refractivity contribution is 6.31. The standard InChI is InChI=1S/C64H39N3O/c1-2-14-40(15-3-1)45-17-12-18-46(38-45)41-28-30-43(31-29-41)63-64(66-55-25-10-9-24-54(55)65-63)44-32-35-47(36-33-44)67-56-37-34-42-16-4-5-19-48(42)61(56)62-50-21-7-6-20-49(50)53(39-57(62)67)51-23-13-27-59-60(51)52-22-8-11-26-58(52)68-59/h1-39H. The molecule has 0 spiro atoms. The molecule has 0 radical (unpaired) electrons. The van der Waals surface area contributed by atoms with Crippen LogP contribution in [0.5, 0.6) is 0 Å². The molecule has 0 unspecified atom stereocenters.